The third-order valence-electron chi connectivity index (χ3n) is 2.44. The van der Waals surface area contributed by atoms with Gasteiger partial charge in [-0.3, -0.25) is 4.79 Å². The third-order valence-corrected chi connectivity index (χ3v) is 2.44. The molecule has 62 valence electrons. The molecule has 1 rings (SSSR count). The number of hydrogen-bond acceptors (Lipinski definition) is 1. The standard InChI is InChI=1S/C10H16O/c1-9-4-2-5-10(8-9)6-3-7-11/h3,6-7,9-10H,2,4-5,8H2,1H3/b6-3+. The van der Waals surface area contributed by atoms with Gasteiger partial charge >= 0.3 is 0 Å². The van der Waals surface area contributed by atoms with Crippen molar-refractivity contribution < 1.29 is 4.79 Å². The first-order valence-corrected chi connectivity index (χ1v) is 4.45. The van der Waals surface area contributed by atoms with Crippen molar-refractivity contribution >= 4 is 6.29 Å². The van der Waals surface area contributed by atoms with Crippen LogP contribution in [0.25, 0.3) is 0 Å². The topological polar surface area (TPSA) is 17.1 Å². The number of allylic oxidation sites excluding steroid dienone is 2. The van der Waals surface area contributed by atoms with Gasteiger partial charge < -0.3 is 0 Å². The number of carbonyl (C=O) groups excluding carboxylic acids is 1. The van der Waals surface area contributed by atoms with Crippen LogP contribution in [0.1, 0.15) is 32.6 Å². The Hall–Kier alpha value is -0.590. The van der Waals surface area contributed by atoms with Gasteiger partial charge in [0.05, 0.1) is 0 Å². The molecule has 0 bridgehead atoms. The summed E-state index contributed by atoms with van der Waals surface area (Å²) < 4.78 is 0. The van der Waals surface area contributed by atoms with Crippen molar-refractivity contribution in [3.05, 3.63) is 12.2 Å². The van der Waals surface area contributed by atoms with Crippen molar-refractivity contribution in [1.82, 2.24) is 0 Å². The Kier molecular flexibility index (Phi) is 3.34. The Labute approximate surface area is 68.5 Å². The summed E-state index contributed by atoms with van der Waals surface area (Å²) in [6.07, 6.45) is 9.81. The van der Waals surface area contributed by atoms with Crippen LogP contribution in [-0.2, 0) is 4.79 Å². The molecule has 0 saturated heterocycles. The van der Waals surface area contributed by atoms with Gasteiger partial charge in [0.2, 0.25) is 0 Å². The molecule has 0 aromatic rings. The van der Waals surface area contributed by atoms with Gasteiger partial charge in [-0.25, -0.2) is 0 Å². The van der Waals surface area contributed by atoms with E-state index in [1.165, 1.54) is 25.7 Å². The van der Waals surface area contributed by atoms with Crippen LogP contribution in [0.3, 0.4) is 0 Å². The van der Waals surface area contributed by atoms with Gasteiger partial charge in [-0.2, -0.15) is 0 Å². The molecule has 0 heterocycles. The molecule has 0 aliphatic heterocycles. The highest BCUT2D eigenvalue weighted by Gasteiger charge is 2.15. The summed E-state index contributed by atoms with van der Waals surface area (Å²) in [6, 6.07) is 0. The van der Waals surface area contributed by atoms with Gasteiger partial charge in [0, 0.05) is 0 Å². The van der Waals surface area contributed by atoms with Gasteiger partial charge in [0.1, 0.15) is 6.29 Å². The van der Waals surface area contributed by atoms with E-state index in [0.29, 0.717) is 5.92 Å². The summed E-state index contributed by atoms with van der Waals surface area (Å²) in [5.41, 5.74) is 0. The Morgan fingerprint density at radius 3 is 2.82 bits per heavy atom. The zero-order valence-corrected chi connectivity index (χ0v) is 7.12. The average Bonchev–Trinajstić information content (AvgIpc) is 2.01. The van der Waals surface area contributed by atoms with E-state index in [4.69, 9.17) is 0 Å². The molecule has 1 nitrogen and oxygen atoms in total. The number of hydrogen-bond donors (Lipinski definition) is 0. The molecule has 0 spiro atoms. The van der Waals surface area contributed by atoms with Crippen LogP contribution in [0, 0.1) is 11.8 Å². The van der Waals surface area contributed by atoms with Gasteiger partial charge in [-0.1, -0.05) is 25.8 Å². The van der Waals surface area contributed by atoms with E-state index >= 15 is 0 Å². The minimum atomic E-state index is 0.670. The maximum atomic E-state index is 10.0. The fourth-order valence-electron chi connectivity index (χ4n) is 1.86. The van der Waals surface area contributed by atoms with Crippen LogP contribution in [0.4, 0.5) is 0 Å². The second-order valence-corrected chi connectivity index (χ2v) is 3.55. The minimum Gasteiger partial charge on any atom is -0.299 e. The van der Waals surface area contributed by atoms with Crippen LogP contribution in [0.2, 0.25) is 0 Å². The molecule has 1 aliphatic carbocycles. The van der Waals surface area contributed by atoms with E-state index in [2.05, 4.69) is 13.0 Å². The van der Waals surface area contributed by atoms with Gasteiger partial charge in [-0.05, 0) is 30.8 Å². The minimum absolute atomic E-state index is 0.670. The lowest BCUT2D eigenvalue weighted by atomic mass is 9.82. The highest BCUT2D eigenvalue weighted by molar-refractivity contribution is 5.64. The zero-order valence-electron chi connectivity index (χ0n) is 7.12. The highest BCUT2D eigenvalue weighted by atomic mass is 16.1. The van der Waals surface area contributed by atoms with Crippen molar-refractivity contribution in [2.24, 2.45) is 11.8 Å². The van der Waals surface area contributed by atoms with Crippen LogP contribution < -0.4 is 0 Å². The van der Waals surface area contributed by atoms with Gasteiger partial charge in [0.15, 0.2) is 0 Å². The Morgan fingerprint density at radius 1 is 1.36 bits per heavy atom. The normalized spacial score (nSPS) is 32.5. The molecule has 0 N–H and O–H groups in total. The largest absolute Gasteiger partial charge is 0.299 e. The highest BCUT2D eigenvalue weighted by Crippen LogP contribution is 2.28. The number of carbonyl (C=O) groups is 1. The van der Waals surface area contributed by atoms with Crippen molar-refractivity contribution in [3.63, 3.8) is 0 Å². The van der Waals surface area contributed by atoms with Crippen LogP contribution >= 0.6 is 0 Å². The van der Waals surface area contributed by atoms with E-state index in [-0.39, 0.29) is 0 Å². The second-order valence-electron chi connectivity index (χ2n) is 3.55. The lowest BCUT2D eigenvalue weighted by Gasteiger charge is -2.23. The third kappa shape index (κ3) is 2.87. The van der Waals surface area contributed by atoms with Crippen molar-refractivity contribution in [2.75, 3.05) is 0 Å². The molecule has 1 aliphatic rings. The summed E-state index contributed by atoms with van der Waals surface area (Å²) >= 11 is 0. The molecule has 1 fully saturated rings. The first-order valence-electron chi connectivity index (χ1n) is 4.45. The number of aldehydes is 1. The van der Waals surface area contributed by atoms with Crippen molar-refractivity contribution in [1.29, 1.82) is 0 Å². The van der Waals surface area contributed by atoms with E-state index in [1.807, 2.05) is 0 Å². The molecule has 0 aromatic carbocycles. The predicted molar refractivity (Wildman–Crippen MR) is 46.3 cm³/mol. The fourth-order valence-corrected chi connectivity index (χ4v) is 1.86. The van der Waals surface area contributed by atoms with Gasteiger partial charge in [0.25, 0.3) is 0 Å². The molecule has 0 aromatic heterocycles. The van der Waals surface area contributed by atoms with Gasteiger partial charge in [-0.15, -0.1) is 0 Å². The smallest absolute Gasteiger partial charge is 0.142 e. The molecular formula is C10H16O. The first kappa shape index (κ1) is 8.51. The summed E-state index contributed by atoms with van der Waals surface area (Å²) in [5.74, 6) is 1.52. The molecular weight excluding hydrogens is 136 g/mol. The molecule has 1 heteroatoms. The van der Waals surface area contributed by atoms with E-state index in [0.717, 1.165) is 12.2 Å². The summed E-state index contributed by atoms with van der Waals surface area (Å²) in [7, 11) is 0. The number of rotatable bonds is 2. The Bertz CT molecular complexity index is 149. The fraction of sp³-hybridized carbons (Fsp3) is 0.700. The Balaban J connectivity index is 2.33. The summed E-state index contributed by atoms with van der Waals surface area (Å²) in [4.78, 5) is 10.0. The molecule has 1 saturated carbocycles. The predicted octanol–water partition coefficient (Wildman–Crippen LogP) is 2.57. The molecule has 11 heavy (non-hydrogen) atoms. The molecule has 0 amide bonds. The summed E-state index contributed by atoms with van der Waals surface area (Å²) in [6.45, 7) is 2.29. The lowest BCUT2D eigenvalue weighted by Crippen LogP contribution is -2.10. The zero-order chi connectivity index (χ0) is 8.10. The lowest BCUT2D eigenvalue weighted by molar-refractivity contribution is -0.104. The van der Waals surface area contributed by atoms with E-state index in [1.54, 1.807) is 6.08 Å². The summed E-state index contributed by atoms with van der Waals surface area (Å²) in [5, 5.41) is 0. The van der Waals surface area contributed by atoms with Crippen molar-refractivity contribution in [2.45, 2.75) is 32.6 Å². The first-order chi connectivity index (χ1) is 5.33. The molecule has 2 atom stereocenters. The van der Waals surface area contributed by atoms with Crippen molar-refractivity contribution in [3.8, 4) is 0 Å². The van der Waals surface area contributed by atoms with Crippen LogP contribution in [-0.4, -0.2) is 6.29 Å². The molecule has 2 unspecified atom stereocenters. The van der Waals surface area contributed by atoms with Crippen LogP contribution in [0.15, 0.2) is 12.2 Å². The van der Waals surface area contributed by atoms with Crippen LogP contribution in [0.5, 0.6) is 0 Å². The maximum absolute atomic E-state index is 10.0. The van der Waals surface area contributed by atoms with E-state index < -0.39 is 0 Å². The molecule has 0 radical (unpaired) electrons. The monoisotopic (exact) mass is 152 g/mol. The quantitative estimate of drug-likeness (QED) is 0.439. The average molecular weight is 152 g/mol. The SMILES string of the molecule is CC1CCCC(/C=C/C=O)C1. The Morgan fingerprint density at radius 2 is 2.18 bits per heavy atom. The second kappa shape index (κ2) is 4.32. The van der Waals surface area contributed by atoms with E-state index in [9.17, 15) is 4.79 Å². The maximum Gasteiger partial charge on any atom is 0.142 e.